The summed E-state index contributed by atoms with van der Waals surface area (Å²) in [5, 5.41) is 0.292. The lowest BCUT2D eigenvalue weighted by Crippen LogP contribution is -2.39. The maximum Gasteiger partial charge on any atom is 0.123 e. The van der Waals surface area contributed by atoms with Crippen LogP contribution in [0.5, 0.6) is 0 Å². The summed E-state index contributed by atoms with van der Waals surface area (Å²) in [5.74, 6) is 0.366. The van der Waals surface area contributed by atoms with Crippen molar-refractivity contribution in [3.05, 3.63) is 35.1 Å². The lowest BCUT2D eigenvalue weighted by Gasteiger charge is -2.34. The van der Waals surface area contributed by atoms with E-state index in [2.05, 4.69) is 11.8 Å². The first-order valence-corrected chi connectivity index (χ1v) is 6.61. The number of aryl methyl sites for hydroxylation is 1. The van der Waals surface area contributed by atoms with Gasteiger partial charge < -0.3 is 0 Å². The van der Waals surface area contributed by atoms with Gasteiger partial charge in [-0.2, -0.15) is 0 Å². The Morgan fingerprint density at radius 3 is 2.94 bits per heavy atom. The average Bonchev–Trinajstić information content (AvgIpc) is 2.29. The molecule has 3 heteroatoms. The van der Waals surface area contributed by atoms with Crippen LogP contribution in [0.4, 0.5) is 4.39 Å². The van der Waals surface area contributed by atoms with Crippen molar-refractivity contribution >= 4 is 11.6 Å². The molecule has 0 amide bonds. The number of rotatable bonds is 2. The van der Waals surface area contributed by atoms with Crippen molar-refractivity contribution in [1.29, 1.82) is 0 Å². The molecule has 0 bridgehead atoms. The summed E-state index contributed by atoms with van der Waals surface area (Å²) >= 11 is 6.21. The van der Waals surface area contributed by atoms with Crippen molar-refractivity contribution in [2.24, 2.45) is 5.92 Å². The molecule has 1 saturated heterocycles. The molecule has 0 saturated carbocycles. The van der Waals surface area contributed by atoms with Gasteiger partial charge in [0.2, 0.25) is 0 Å². The number of alkyl halides is 1. The fourth-order valence-corrected chi connectivity index (χ4v) is 2.58. The minimum absolute atomic E-state index is 0.147. The van der Waals surface area contributed by atoms with E-state index in [-0.39, 0.29) is 5.82 Å². The third-order valence-corrected chi connectivity index (χ3v) is 4.24. The fraction of sp³-hybridized carbons (Fsp3) is 0.571. The summed E-state index contributed by atoms with van der Waals surface area (Å²) in [7, 11) is 0. The number of likely N-dealkylation sites (tertiary alicyclic amines) is 1. The van der Waals surface area contributed by atoms with Crippen LogP contribution in [0.3, 0.4) is 0 Å². The normalized spacial score (nSPS) is 26.1. The lowest BCUT2D eigenvalue weighted by molar-refractivity contribution is 0.179. The Bertz CT molecular complexity index is 394. The van der Waals surface area contributed by atoms with Crippen LogP contribution in [0.15, 0.2) is 18.2 Å². The number of nitrogens with zero attached hydrogens (tertiary/aromatic N) is 1. The van der Waals surface area contributed by atoms with E-state index in [1.54, 1.807) is 6.07 Å². The molecule has 17 heavy (non-hydrogen) atoms. The second kappa shape index (κ2) is 5.36. The van der Waals surface area contributed by atoms with Gasteiger partial charge in [-0.15, -0.1) is 11.6 Å². The van der Waals surface area contributed by atoms with Gasteiger partial charge in [0.25, 0.3) is 0 Å². The molecule has 0 N–H and O–H groups in total. The van der Waals surface area contributed by atoms with Gasteiger partial charge in [0.15, 0.2) is 0 Å². The molecule has 1 aromatic carbocycles. The Kier molecular flexibility index (Phi) is 4.05. The molecule has 2 rings (SSSR count). The highest BCUT2D eigenvalue weighted by Crippen LogP contribution is 2.23. The monoisotopic (exact) mass is 255 g/mol. The van der Waals surface area contributed by atoms with Gasteiger partial charge in [0, 0.05) is 18.5 Å². The molecule has 1 aromatic rings. The van der Waals surface area contributed by atoms with Crippen molar-refractivity contribution in [1.82, 2.24) is 4.90 Å². The molecular weight excluding hydrogens is 237 g/mol. The Morgan fingerprint density at radius 2 is 2.24 bits per heavy atom. The van der Waals surface area contributed by atoms with Crippen LogP contribution < -0.4 is 0 Å². The quantitative estimate of drug-likeness (QED) is 0.730. The molecule has 1 fully saturated rings. The number of halogens is 2. The fourth-order valence-electron chi connectivity index (χ4n) is 2.40. The highest BCUT2D eigenvalue weighted by molar-refractivity contribution is 6.20. The topological polar surface area (TPSA) is 3.24 Å². The maximum atomic E-state index is 13.2. The third kappa shape index (κ3) is 3.20. The molecular formula is C14H19ClFN. The van der Waals surface area contributed by atoms with Gasteiger partial charge in [0.1, 0.15) is 5.82 Å². The summed E-state index contributed by atoms with van der Waals surface area (Å²) in [6.07, 6.45) is 1.02. The minimum Gasteiger partial charge on any atom is -0.299 e. The van der Waals surface area contributed by atoms with E-state index < -0.39 is 0 Å². The zero-order chi connectivity index (χ0) is 12.4. The molecule has 1 aliphatic heterocycles. The molecule has 94 valence electrons. The predicted octanol–water partition coefficient (Wildman–Crippen LogP) is 3.58. The van der Waals surface area contributed by atoms with Crippen LogP contribution in [0.25, 0.3) is 0 Å². The molecule has 0 aromatic heterocycles. The molecule has 2 unspecified atom stereocenters. The summed E-state index contributed by atoms with van der Waals surface area (Å²) in [4.78, 5) is 2.37. The van der Waals surface area contributed by atoms with E-state index in [4.69, 9.17) is 11.6 Å². The van der Waals surface area contributed by atoms with E-state index in [0.717, 1.165) is 37.2 Å². The largest absolute Gasteiger partial charge is 0.299 e. The van der Waals surface area contributed by atoms with Crippen LogP contribution in [0, 0.1) is 18.7 Å². The van der Waals surface area contributed by atoms with Crippen LogP contribution in [0.1, 0.15) is 24.5 Å². The number of piperidine rings is 1. The van der Waals surface area contributed by atoms with Gasteiger partial charge in [-0.1, -0.05) is 13.0 Å². The van der Waals surface area contributed by atoms with E-state index >= 15 is 0 Å². The van der Waals surface area contributed by atoms with Crippen LogP contribution in [-0.2, 0) is 6.54 Å². The van der Waals surface area contributed by atoms with Crippen LogP contribution in [0.2, 0.25) is 0 Å². The third-order valence-electron chi connectivity index (χ3n) is 3.59. The number of hydrogen-bond acceptors (Lipinski definition) is 1. The van der Waals surface area contributed by atoms with Crippen molar-refractivity contribution in [2.75, 3.05) is 13.1 Å². The SMILES string of the molecule is Cc1ccc(F)cc1CN1CCC(Cl)C(C)C1. The van der Waals surface area contributed by atoms with Crippen molar-refractivity contribution < 1.29 is 4.39 Å². The van der Waals surface area contributed by atoms with Gasteiger partial charge in [0.05, 0.1) is 0 Å². The number of hydrogen-bond donors (Lipinski definition) is 0. The molecule has 1 nitrogen and oxygen atoms in total. The highest BCUT2D eigenvalue weighted by atomic mass is 35.5. The smallest absolute Gasteiger partial charge is 0.123 e. The maximum absolute atomic E-state index is 13.2. The van der Waals surface area contributed by atoms with E-state index in [9.17, 15) is 4.39 Å². The zero-order valence-electron chi connectivity index (χ0n) is 10.4. The molecule has 0 radical (unpaired) electrons. The highest BCUT2D eigenvalue weighted by Gasteiger charge is 2.24. The predicted molar refractivity (Wildman–Crippen MR) is 69.8 cm³/mol. The number of benzene rings is 1. The Morgan fingerprint density at radius 1 is 1.47 bits per heavy atom. The van der Waals surface area contributed by atoms with Crippen LogP contribution >= 0.6 is 11.6 Å². The zero-order valence-corrected chi connectivity index (χ0v) is 11.2. The molecule has 0 aliphatic carbocycles. The van der Waals surface area contributed by atoms with E-state index in [1.165, 1.54) is 6.07 Å². The summed E-state index contributed by atoms with van der Waals surface area (Å²) < 4.78 is 13.2. The lowest BCUT2D eigenvalue weighted by atomic mass is 9.98. The van der Waals surface area contributed by atoms with Gasteiger partial charge in [-0.3, -0.25) is 4.90 Å². The van der Waals surface area contributed by atoms with Gasteiger partial charge >= 0.3 is 0 Å². The molecule has 0 spiro atoms. The molecule has 1 aliphatic rings. The standard InChI is InChI=1S/C14H19ClFN/c1-10-3-4-13(16)7-12(10)9-17-6-5-14(15)11(2)8-17/h3-4,7,11,14H,5-6,8-9H2,1-2H3. The van der Waals surface area contributed by atoms with Gasteiger partial charge in [-0.05, 0) is 49.1 Å². The Balaban J connectivity index is 2.03. The van der Waals surface area contributed by atoms with Crippen LogP contribution in [-0.4, -0.2) is 23.4 Å². The Hall–Kier alpha value is -0.600. The van der Waals surface area contributed by atoms with E-state index in [1.807, 2.05) is 13.0 Å². The summed E-state index contributed by atoms with van der Waals surface area (Å²) in [6, 6.07) is 5.02. The first kappa shape index (κ1) is 12.8. The van der Waals surface area contributed by atoms with Crippen molar-refractivity contribution in [2.45, 2.75) is 32.2 Å². The first-order valence-electron chi connectivity index (χ1n) is 6.17. The second-order valence-corrected chi connectivity index (χ2v) is 5.65. The van der Waals surface area contributed by atoms with Crippen molar-refractivity contribution in [3.8, 4) is 0 Å². The summed E-state index contributed by atoms with van der Waals surface area (Å²) in [5.41, 5.74) is 2.25. The van der Waals surface area contributed by atoms with Crippen molar-refractivity contribution in [3.63, 3.8) is 0 Å². The second-order valence-electron chi connectivity index (χ2n) is 5.09. The molecule has 1 heterocycles. The van der Waals surface area contributed by atoms with E-state index in [0.29, 0.717) is 11.3 Å². The summed E-state index contributed by atoms with van der Waals surface area (Å²) in [6.45, 7) is 7.06. The van der Waals surface area contributed by atoms with Gasteiger partial charge in [-0.25, -0.2) is 4.39 Å². The average molecular weight is 256 g/mol. The minimum atomic E-state index is -0.147. The first-order chi connectivity index (χ1) is 8.06. The Labute approximate surface area is 108 Å². The molecule has 2 atom stereocenters.